The molecule has 0 fully saturated rings. The van der Waals surface area contributed by atoms with Gasteiger partial charge in [0.2, 0.25) is 0 Å². The second-order valence-electron chi connectivity index (χ2n) is 4.55. The predicted molar refractivity (Wildman–Crippen MR) is 62.9 cm³/mol. The molecule has 0 aromatic carbocycles. The van der Waals surface area contributed by atoms with Crippen molar-refractivity contribution in [1.29, 1.82) is 0 Å². The minimum absolute atomic E-state index is 0.180. The number of aromatic nitrogens is 1. The number of rotatable bonds is 3. The van der Waals surface area contributed by atoms with Gasteiger partial charge in [-0.15, -0.1) is 11.3 Å². The van der Waals surface area contributed by atoms with Crippen LogP contribution >= 0.6 is 11.3 Å². The molecule has 3 heteroatoms. The molecule has 1 N–H and O–H groups in total. The fraction of sp³-hybridized carbons (Fsp3) is 0.727. The standard InChI is InChI=1S/C11H20N2S/c1-6-12-7-9-8(2)14-10(13-9)11(3,4)5/h12H,6-7H2,1-5H3. The Hall–Kier alpha value is -0.410. The molecule has 0 aliphatic heterocycles. The molecule has 0 saturated carbocycles. The maximum Gasteiger partial charge on any atom is 0.0985 e. The van der Waals surface area contributed by atoms with E-state index in [2.05, 4.69) is 44.9 Å². The van der Waals surface area contributed by atoms with Crippen molar-refractivity contribution in [1.82, 2.24) is 10.3 Å². The minimum atomic E-state index is 0.180. The number of hydrogen-bond acceptors (Lipinski definition) is 3. The van der Waals surface area contributed by atoms with Gasteiger partial charge in [0.1, 0.15) is 0 Å². The predicted octanol–water partition coefficient (Wildman–Crippen LogP) is 2.86. The van der Waals surface area contributed by atoms with Gasteiger partial charge in [0.25, 0.3) is 0 Å². The van der Waals surface area contributed by atoms with Crippen LogP contribution in [0.1, 0.15) is 43.3 Å². The van der Waals surface area contributed by atoms with Crippen LogP contribution in [-0.2, 0) is 12.0 Å². The van der Waals surface area contributed by atoms with Gasteiger partial charge in [-0.2, -0.15) is 0 Å². The van der Waals surface area contributed by atoms with Crippen LogP contribution in [0.4, 0.5) is 0 Å². The van der Waals surface area contributed by atoms with Crippen molar-refractivity contribution in [2.75, 3.05) is 6.54 Å². The Morgan fingerprint density at radius 1 is 1.36 bits per heavy atom. The lowest BCUT2D eigenvalue weighted by Crippen LogP contribution is -2.14. The molecule has 1 rings (SSSR count). The third kappa shape index (κ3) is 2.79. The van der Waals surface area contributed by atoms with Crippen molar-refractivity contribution in [2.45, 2.75) is 46.6 Å². The van der Waals surface area contributed by atoms with Crippen LogP contribution in [-0.4, -0.2) is 11.5 Å². The van der Waals surface area contributed by atoms with Gasteiger partial charge in [-0.05, 0) is 13.5 Å². The first-order valence-corrected chi connectivity index (χ1v) is 5.94. The van der Waals surface area contributed by atoms with Gasteiger partial charge in [-0.25, -0.2) is 4.98 Å². The molecule has 14 heavy (non-hydrogen) atoms. The van der Waals surface area contributed by atoms with Crippen molar-refractivity contribution >= 4 is 11.3 Å². The molecule has 0 radical (unpaired) electrons. The Kier molecular flexibility index (Phi) is 3.67. The molecule has 0 bridgehead atoms. The van der Waals surface area contributed by atoms with E-state index in [-0.39, 0.29) is 5.41 Å². The van der Waals surface area contributed by atoms with E-state index in [4.69, 9.17) is 0 Å². The van der Waals surface area contributed by atoms with E-state index < -0.39 is 0 Å². The molecule has 2 nitrogen and oxygen atoms in total. The van der Waals surface area contributed by atoms with Gasteiger partial charge >= 0.3 is 0 Å². The topological polar surface area (TPSA) is 24.9 Å². The summed E-state index contributed by atoms with van der Waals surface area (Å²) in [5, 5.41) is 4.55. The van der Waals surface area contributed by atoms with E-state index in [1.165, 1.54) is 15.6 Å². The van der Waals surface area contributed by atoms with E-state index in [1.54, 1.807) is 0 Å². The molecular weight excluding hydrogens is 192 g/mol. The van der Waals surface area contributed by atoms with Crippen LogP contribution in [0.2, 0.25) is 0 Å². The molecular formula is C11H20N2S. The van der Waals surface area contributed by atoms with Crippen molar-refractivity contribution in [3.05, 3.63) is 15.6 Å². The summed E-state index contributed by atoms with van der Waals surface area (Å²) < 4.78 is 0. The van der Waals surface area contributed by atoms with E-state index in [9.17, 15) is 0 Å². The summed E-state index contributed by atoms with van der Waals surface area (Å²) in [4.78, 5) is 6.02. The molecule has 1 aromatic rings. The van der Waals surface area contributed by atoms with Gasteiger partial charge in [-0.1, -0.05) is 27.7 Å². The second kappa shape index (κ2) is 4.41. The van der Waals surface area contributed by atoms with E-state index in [0.717, 1.165) is 13.1 Å². The highest BCUT2D eigenvalue weighted by atomic mass is 32.1. The molecule has 0 aliphatic rings. The molecule has 0 spiro atoms. The Morgan fingerprint density at radius 3 is 2.43 bits per heavy atom. The SMILES string of the molecule is CCNCc1nc(C(C)(C)C)sc1C. The van der Waals surface area contributed by atoms with E-state index in [1.807, 2.05) is 11.3 Å². The third-order valence-corrected chi connectivity index (χ3v) is 3.52. The van der Waals surface area contributed by atoms with Crippen LogP contribution in [0, 0.1) is 6.92 Å². The molecule has 0 aliphatic carbocycles. The summed E-state index contributed by atoms with van der Waals surface area (Å²) in [6.45, 7) is 12.8. The number of nitrogens with zero attached hydrogens (tertiary/aromatic N) is 1. The zero-order chi connectivity index (χ0) is 10.8. The molecule has 0 atom stereocenters. The Bertz CT molecular complexity index is 297. The Balaban J connectivity index is 2.82. The smallest absolute Gasteiger partial charge is 0.0985 e. The normalized spacial score (nSPS) is 12.1. The highest BCUT2D eigenvalue weighted by Crippen LogP contribution is 2.28. The molecule has 1 aromatic heterocycles. The largest absolute Gasteiger partial charge is 0.311 e. The fourth-order valence-electron chi connectivity index (χ4n) is 1.16. The number of nitrogens with one attached hydrogen (secondary N) is 1. The molecule has 0 saturated heterocycles. The van der Waals surface area contributed by atoms with Crippen LogP contribution in [0.25, 0.3) is 0 Å². The van der Waals surface area contributed by atoms with Crippen LogP contribution < -0.4 is 5.32 Å². The summed E-state index contributed by atoms with van der Waals surface area (Å²) in [5.74, 6) is 0. The van der Waals surface area contributed by atoms with Crippen LogP contribution in [0.15, 0.2) is 0 Å². The van der Waals surface area contributed by atoms with Gasteiger partial charge in [0.05, 0.1) is 10.7 Å². The van der Waals surface area contributed by atoms with Crippen molar-refractivity contribution < 1.29 is 0 Å². The fourth-order valence-corrected chi connectivity index (χ4v) is 2.14. The molecule has 0 amide bonds. The monoisotopic (exact) mass is 212 g/mol. The summed E-state index contributed by atoms with van der Waals surface area (Å²) >= 11 is 1.82. The lowest BCUT2D eigenvalue weighted by atomic mass is 9.98. The van der Waals surface area contributed by atoms with Crippen molar-refractivity contribution in [2.24, 2.45) is 0 Å². The quantitative estimate of drug-likeness (QED) is 0.833. The number of thiazole rings is 1. The van der Waals surface area contributed by atoms with Crippen LogP contribution in [0.5, 0.6) is 0 Å². The lowest BCUT2D eigenvalue weighted by Gasteiger charge is -2.13. The lowest BCUT2D eigenvalue weighted by molar-refractivity contribution is 0.580. The van der Waals surface area contributed by atoms with Gasteiger partial charge in [-0.3, -0.25) is 0 Å². The van der Waals surface area contributed by atoms with Gasteiger partial charge in [0.15, 0.2) is 0 Å². The van der Waals surface area contributed by atoms with Crippen molar-refractivity contribution in [3.8, 4) is 0 Å². The zero-order valence-corrected chi connectivity index (χ0v) is 10.6. The Morgan fingerprint density at radius 2 is 2.00 bits per heavy atom. The first-order valence-electron chi connectivity index (χ1n) is 5.12. The highest BCUT2D eigenvalue weighted by molar-refractivity contribution is 7.11. The molecule has 0 unspecified atom stereocenters. The zero-order valence-electron chi connectivity index (χ0n) is 9.77. The first kappa shape index (κ1) is 11.7. The average Bonchev–Trinajstić information content (AvgIpc) is 2.43. The number of hydrogen-bond donors (Lipinski definition) is 1. The molecule has 1 heterocycles. The van der Waals surface area contributed by atoms with Gasteiger partial charge < -0.3 is 5.32 Å². The third-order valence-electron chi connectivity index (χ3n) is 2.08. The van der Waals surface area contributed by atoms with E-state index in [0.29, 0.717) is 0 Å². The maximum absolute atomic E-state index is 4.67. The van der Waals surface area contributed by atoms with Gasteiger partial charge in [0, 0.05) is 16.8 Å². The average molecular weight is 212 g/mol. The molecule has 80 valence electrons. The number of aryl methyl sites for hydroxylation is 1. The Labute approximate surface area is 90.8 Å². The maximum atomic E-state index is 4.67. The summed E-state index contributed by atoms with van der Waals surface area (Å²) in [6.07, 6.45) is 0. The van der Waals surface area contributed by atoms with E-state index >= 15 is 0 Å². The minimum Gasteiger partial charge on any atom is -0.311 e. The summed E-state index contributed by atoms with van der Waals surface area (Å²) in [5.41, 5.74) is 1.39. The highest BCUT2D eigenvalue weighted by Gasteiger charge is 2.19. The summed E-state index contributed by atoms with van der Waals surface area (Å²) in [7, 11) is 0. The second-order valence-corrected chi connectivity index (χ2v) is 5.76. The summed E-state index contributed by atoms with van der Waals surface area (Å²) in [6, 6.07) is 0. The van der Waals surface area contributed by atoms with Crippen molar-refractivity contribution in [3.63, 3.8) is 0 Å². The van der Waals surface area contributed by atoms with Crippen LogP contribution in [0.3, 0.4) is 0 Å². The first-order chi connectivity index (χ1) is 6.45.